The van der Waals surface area contributed by atoms with E-state index >= 15 is 0 Å². The van der Waals surface area contributed by atoms with Crippen molar-refractivity contribution in [3.05, 3.63) is 98.2 Å². The highest BCUT2D eigenvalue weighted by atomic mass is 35.5. The third-order valence-corrected chi connectivity index (χ3v) is 6.70. The fraction of sp³-hybridized carbons (Fsp3) is 0.0435. The van der Waals surface area contributed by atoms with Crippen molar-refractivity contribution in [2.45, 2.75) is 6.92 Å². The summed E-state index contributed by atoms with van der Waals surface area (Å²) in [4.78, 5) is 29.9. The number of hydrogen-bond acceptors (Lipinski definition) is 3. The Hall–Kier alpha value is -3.15. The summed E-state index contributed by atoms with van der Waals surface area (Å²) in [6.45, 7) is 1.94. The molecular formula is C23H15ClN2O2S. The normalized spacial score (nSPS) is 11.4. The molecule has 0 aliphatic carbocycles. The number of benzene rings is 3. The smallest absolute Gasteiger partial charge is 0.306 e. The number of aromatic nitrogens is 2. The van der Waals surface area contributed by atoms with Crippen LogP contribution in [-0.4, -0.2) is 9.55 Å². The molecule has 0 saturated carbocycles. The minimum Gasteiger partial charge on any atom is -0.306 e. The Kier molecular flexibility index (Phi) is 4.15. The Morgan fingerprint density at radius 2 is 1.72 bits per heavy atom. The fourth-order valence-electron chi connectivity index (χ4n) is 3.60. The lowest BCUT2D eigenvalue weighted by Crippen LogP contribution is -2.33. The monoisotopic (exact) mass is 418 g/mol. The maximum atomic E-state index is 13.3. The number of aromatic amines is 1. The first-order valence-electron chi connectivity index (χ1n) is 9.07. The summed E-state index contributed by atoms with van der Waals surface area (Å²) in [6, 6.07) is 20.9. The summed E-state index contributed by atoms with van der Waals surface area (Å²) in [7, 11) is 0. The summed E-state index contributed by atoms with van der Waals surface area (Å²) in [5.41, 5.74) is 2.11. The third-order valence-electron chi connectivity index (χ3n) is 5.04. The van der Waals surface area contributed by atoms with Crippen LogP contribution in [-0.2, 0) is 0 Å². The van der Waals surface area contributed by atoms with Crippen LogP contribution in [0.15, 0.2) is 76.3 Å². The maximum Gasteiger partial charge on any atom is 0.333 e. The van der Waals surface area contributed by atoms with Crippen LogP contribution in [0.2, 0.25) is 5.02 Å². The molecule has 3 aromatic carbocycles. The molecule has 0 atom stereocenters. The molecule has 2 heterocycles. The first-order valence-corrected chi connectivity index (χ1v) is 10.3. The van der Waals surface area contributed by atoms with Gasteiger partial charge in [0.25, 0.3) is 5.56 Å². The second-order valence-corrected chi connectivity index (χ2v) is 8.29. The number of hydrogen-bond donors (Lipinski definition) is 1. The molecule has 0 fully saturated rings. The molecule has 142 valence electrons. The van der Waals surface area contributed by atoms with Crippen LogP contribution in [0, 0.1) is 6.92 Å². The van der Waals surface area contributed by atoms with Crippen LogP contribution in [0.25, 0.3) is 37.1 Å². The maximum absolute atomic E-state index is 13.3. The largest absolute Gasteiger partial charge is 0.333 e. The quantitative estimate of drug-likeness (QED) is 0.410. The Bertz CT molecular complexity index is 1520. The predicted molar refractivity (Wildman–Crippen MR) is 121 cm³/mol. The van der Waals surface area contributed by atoms with E-state index in [0.717, 1.165) is 26.8 Å². The Balaban J connectivity index is 1.80. The lowest BCUT2D eigenvalue weighted by molar-refractivity contribution is 0.911. The molecule has 29 heavy (non-hydrogen) atoms. The SMILES string of the molecule is Cc1cccc(-c2cc3[nH]c(=O)n(-c4cccc5ccccc45)c(=O)c3s2)c1Cl. The van der Waals surface area contributed by atoms with Gasteiger partial charge < -0.3 is 4.98 Å². The van der Waals surface area contributed by atoms with E-state index in [2.05, 4.69) is 4.98 Å². The molecule has 0 saturated heterocycles. The molecule has 1 N–H and O–H groups in total. The lowest BCUT2D eigenvalue weighted by Gasteiger charge is -2.08. The molecule has 0 unspecified atom stereocenters. The fourth-order valence-corrected chi connectivity index (χ4v) is 4.96. The van der Waals surface area contributed by atoms with Gasteiger partial charge in [-0.2, -0.15) is 0 Å². The van der Waals surface area contributed by atoms with Crippen molar-refractivity contribution >= 4 is 43.9 Å². The minimum absolute atomic E-state index is 0.333. The Labute approximate surface area is 174 Å². The highest BCUT2D eigenvalue weighted by Gasteiger charge is 2.16. The number of nitrogens with zero attached hydrogens (tertiary/aromatic N) is 1. The van der Waals surface area contributed by atoms with E-state index in [9.17, 15) is 9.59 Å². The van der Waals surface area contributed by atoms with Crippen molar-refractivity contribution in [3.63, 3.8) is 0 Å². The minimum atomic E-state index is -0.460. The van der Waals surface area contributed by atoms with Crippen LogP contribution in [0.4, 0.5) is 0 Å². The van der Waals surface area contributed by atoms with Crippen molar-refractivity contribution < 1.29 is 0 Å². The number of halogens is 1. The number of fused-ring (bicyclic) bond motifs is 2. The predicted octanol–water partition coefficient (Wildman–Crippen LogP) is 5.52. The third kappa shape index (κ3) is 2.82. The van der Waals surface area contributed by atoms with E-state index < -0.39 is 5.69 Å². The number of H-pyrrole nitrogens is 1. The van der Waals surface area contributed by atoms with E-state index in [1.54, 1.807) is 6.07 Å². The van der Waals surface area contributed by atoms with Crippen LogP contribution in [0.3, 0.4) is 0 Å². The van der Waals surface area contributed by atoms with Crippen LogP contribution >= 0.6 is 22.9 Å². The standard InChI is InChI=1S/C23H15ClN2O2S/c1-13-6-4-10-16(20(13)24)19-12-17-21(29-19)22(27)26(23(28)25-17)18-11-5-8-14-7-2-3-9-15(14)18/h2-12H,1H3,(H,25,28). The second-order valence-electron chi connectivity index (χ2n) is 6.86. The van der Waals surface area contributed by atoms with Gasteiger partial charge in [0.05, 0.1) is 16.2 Å². The van der Waals surface area contributed by atoms with Crippen LogP contribution < -0.4 is 11.2 Å². The van der Waals surface area contributed by atoms with E-state index in [0.29, 0.717) is 20.9 Å². The molecule has 0 amide bonds. The van der Waals surface area contributed by atoms with Crippen molar-refractivity contribution in [1.29, 1.82) is 0 Å². The molecule has 2 aromatic heterocycles. The zero-order valence-corrected chi connectivity index (χ0v) is 17.0. The van der Waals surface area contributed by atoms with Gasteiger partial charge in [-0.05, 0) is 30.0 Å². The van der Waals surface area contributed by atoms with Gasteiger partial charge in [-0.25, -0.2) is 9.36 Å². The molecular weight excluding hydrogens is 404 g/mol. The van der Waals surface area contributed by atoms with E-state index in [4.69, 9.17) is 11.6 Å². The first-order chi connectivity index (χ1) is 14.0. The molecule has 0 bridgehead atoms. The number of thiophene rings is 1. The average molecular weight is 419 g/mol. The molecule has 5 aromatic rings. The topological polar surface area (TPSA) is 54.9 Å². The van der Waals surface area contributed by atoms with E-state index in [1.807, 2.05) is 67.6 Å². The summed E-state index contributed by atoms with van der Waals surface area (Å²) < 4.78 is 1.70. The van der Waals surface area contributed by atoms with Crippen molar-refractivity contribution in [2.75, 3.05) is 0 Å². The van der Waals surface area contributed by atoms with Gasteiger partial charge in [-0.3, -0.25) is 4.79 Å². The van der Waals surface area contributed by atoms with Gasteiger partial charge in [-0.15, -0.1) is 11.3 Å². The summed E-state index contributed by atoms with van der Waals surface area (Å²) in [6.07, 6.45) is 0. The van der Waals surface area contributed by atoms with Gasteiger partial charge in [0.1, 0.15) is 4.70 Å². The number of rotatable bonds is 2. The zero-order valence-electron chi connectivity index (χ0n) is 15.4. The summed E-state index contributed by atoms with van der Waals surface area (Å²) in [5.74, 6) is 0. The van der Waals surface area contributed by atoms with E-state index in [1.165, 1.54) is 15.9 Å². The van der Waals surface area contributed by atoms with Crippen molar-refractivity contribution in [2.24, 2.45) is 0 Å². The van der Waals surface area contributed by atoms with Gasteiger partial charge in [0.15, 0.2) is 0 Å². The van der Waals surface area contributed by atoms with Gasteiger partial charge >= 0.3 is 5.69 Å². The van der Waals surface area contributed by atoms with Crippen LogP contribution in [0.1, 0.15) is 5.56 Å². The van der Waals surface area contributed by atoms with Crippen molar-refractivity contribution in [3.8, 4) is 16.1 Å². The molecule has 0 aliphatic rings. The molecule has 0 radical (unpaired) electrons. The molecule has 4 nitrogen and oxygen atoms in total. The van der Waals surface area contributed by atoms with Crippen LogP contribution in [0.5, 0.6) is 0 Å². The van der Waals surface area contributed by atoms with Crippen molar-refractivity contribution in [1.82, 2.24) is 9.55 Å². The average Bonchev–Trinajstić information content (AvgIpc) is 3.14. The Morgan fingerprint density at radius 1 is 0.966 bits per heavy atom. The Morgan fingerprint density at radius 3 is 2.59 bits per heavy atom. The summed E-state index contributed by atoms with van der Waals surface area (Å²) >= 11 is 7.81. The second kappa shape index (κ2) is 6.72. The molecule has 6 heteroatoms. The molecule has 0 spiro atoms. The van der Waals surface area contributed by atoms with Gasteiger partial charge in [0.2, 0.25) is 0 Å². The molecule has 5 rings (SSSR count). The van der Waals surface area contributed by atoms with E-state index in [-0.39, 0.29) is 5.56 Å². The van der Waals surface area contributed by atoms with Gasteiger partial charge in [0, 0.05) is 15.8 Å². The lowest BCUT2D eigenvalue weighted by atomic mass is 10.1. The summed E-state index contributed by atoms with van der Waals surface area (Å²) in [5, 5.41) is 2.46. The van der Waals surface area contributed by atoms with Gasteiger partial charge in [-0.1, -0.05) is 66.2 Å². The number of aryl methyl sites for hydroxylation is 1. The molecule has 0 aliphatic heterocycles. The highest BCUT2D eigenvalue weighted by Crippen LogP contribution is 2.36. The zero-order chi connectivity index (χ0) is 20.1. The number of nitrogens with one attached hydrogen (secondary N) is 1. The first kappa shape index (κ1) is 17.9. The highest BCUT2D eigenvalue weighted by molar-refractivity contribution is 7.22.